The number of carbonyl (C=O) groups excluding carboxylic acids is 1. The number of aromatic nitrogens is 3. The number of aryl methyl sites for hydroxylation is 1. The van der Waals surface area contributed by atoms with Crippen LogP contribution in [0.3, 0.4) is 0 Å². The molecule has 192 valence electrons. The lowest BCUT2D eigenvalue weighted by Crippen LogP contribution is -2.23. The molecular formula is C30H28N4O4. The fourth-order valence-corrected chi connectivity index (χ4v) is 4.37. The predicted molar refractivity (Wildman–Crippen MR) is 147 cm³/mol. The summed E-state index contributed by atoms with van der Waals surface area (Å²) in [5.41, 5.74) is 5.79. The number of H-pyrrole nitrogens is 1. The van der Waals surface area contributed by atoms with E-state index in [0.29, 0.717) is 51.6 Å². The molecule has 0 saturated heterocycles. The Hall–Kier alpha value is -4.85. The number of nitrogens with one attached hydrogen (secondary N) is 2. The molecule has 8 heteroatoms. The number of aromatic amines is 1. The van der Waals surface area contributed by atoms with Crippen LogP contribution in [0.15, 0.2) is 72.8 Å². The smallest absolute Gasteiger partial charge is 0.252 e. The first kappa shape index (κ1) is 24.8. The van der Waals surface area contributed by atoms with Crippen molar-refractivity contribution in [1.82, 2.24) is 20.5 Å². The van der Waals surface area contributed by atoms with E-state index in [9.17, 15) is 4.79 Å². The summed E-state index contributed by atoms with van der Waals surface area (Å²) in [4.78, 5) is 18.5. The van der Waals surface area contributed by atoms with Gasteiger partial charge in [-0.05, 0) is 24.6 Å². The van der Waals surface area contributed by atoms with Gasteiger partial charge in [0.1, 0.15) is 5.75 Å². The van der Waals surface area contributed by atoms with Crippen molar-refractivity contribution in [2.45, 2.75) is 13.5 Å². The van der Waals surface area contributed by atoms with Crippen molar-refractivity contribution in [1.29, 1.82) is 0 Å². The van der Waals surface area contributed by atoms with Gasteiger partial charge >= 0.3 is 0 Å². The quantitative estimate of drug-likeness (QED) is 0.285. The molecule has 0 bridgehead atoms. The Balaban J connectivity index is 1.67. The molecule has 2 N–H and O–H groups in total. The molecule has 5 aromatic rings. The van der Waals surface area contributed by atoms with Gasteiger partial charge in [-0.2, -0.15) is 5.10 Å². The van der Waals surface area contributed by atoms with E-state index in [1.165, 1.54) is 0 Å². The zero-order valence-corrected chi connectivity index (χ0v) is 21.7. The van der Waals surface area contributed by atoms with Crippen molar-refractivity contribution in [3.8, 4) is 39.8 Å². The molecule has 38 heavy (non-hydrogen) atoms. The van der Waals surface area contributed by atoms with E-state index in [1.807, 2.05) is 61.5 Å². The molecule has 5 rings (SSSR count). The fourth-order valence-electron chi connectivity index (χ4n) is 4.37. The number of hydrogen-bond acceptors (Lipinski definition) is 6. The van der Waals surface area contributed by atoms with Crippen LogP contribution in [0.4, 0.5) is 0 Å². The number of hydrogen-bond donors (Lipinski definition) is 2. The first-order valence-electron chi connectivity index (χ1n) is 12.1. The van der Waals surface area contributed by atoms with Gasteiger partial charge in [-0.3, -0.25) is 9.89 Å². The second-order valence-corrected chi connectivity index (χ2v) is 8.79. The summed E-state index contributed by atoms with van der Waals surface area (Å²) in [5.74, 6) is 1.33. The number of fused-ring (bicyclic) bond motifs is 1. The molecule has 0 aliphatic carbocycles. The Bertz CT molecular complexity index is 1590. The van der Waals surface area contributed by atoms with Crippen LogP contribution in [0, 0.1) is 6.92 Å². The molecule has 0 radical (unpaired) electrons. The molecule has 8 nitrogen and oxygen atoms in total. The van der Waals surface area contributed by atoms with Gasteiger partial charge in [0.15, 0.2) is 17.1 Å². The molecule has 1 amide bonds. The maximum absolute atomic E-state index is 13.7. The van der Waals surface area contributed by atoms with E-state index in [1.54, 1.807) is 39.5 Å². The lowest BCUT2D eigenvalue weighted by atomic mass is 10.0. The summed E-state index contributed by atoms with van der Waals surface area (Å²) in [7, 11) is 4.70. The zero-order valence-electron chi connectivity index (χ0n) is 21.7. The standard InChI is InChI=1S/C30H28N4O4/c1-18-10-12-20(13-11-18)28-27-22(30(35)31-17-19-8-6-5-7-9-19)14-23(32-29(27)34-33-28)21-15-25(37-3)26(38-4)16-24(21)36-2/h5-16H,17H2,1-4H3,(H,31,35)(H,32,33,34). The van der Waals surface area contributed by atoms with E-state index < -0.39 is 0 Å². The average molecular weight is 509 g/mol. The van der Waals surface area contributed by atoms with Crippen molar-refractivity contribution in [2.75, 3.05) is 21.3 Å². The number of nitrogens with zero attached hydrogens (tertiary/aromatic N) is 2. The minimum atomic E-state index is -0.239. The van der Waals surface area contributed by atoms with Crippen LogP contribution >= 0.6 is 0 Å². The Morgan fingerprint density at radius 2 is 1.55 bits per heavy atom. The third-order valence-corrected chi connectivity index (χ3v) is 6.39. The average Bonchev–Trinajstić information content (AvgIpc) is 3.39. The summed E-state index contributed by atoms with van der Waals surface area (Å²) >= 11 is 0. The third kappa shape index (κ3) is 4.76. The Morgan fingerprint density at radius 3 is 2.24 bits per heavy atom. The number of carbonyl (C=O) groups is 1. The lowest BCUT2D eigenvalue weighted by molar-refractivity contribution is 0.0952. The second-order valence-electron chi connectivity index (χ2n) is 8.79. The van der Waals surface area contributed by atoms with Gasteiger partial charge in [0.05, 0.1) is 43.7 Å². The summed E-state index contributed by atoms with van der Waals surface area (Å²) in [6.45, 7) is 2.41. The number of pyridine rings is 1. The normalized spacial score (nSPS) is 10.8. The molecule has 0 aliphatic rings. The molecule has 0 spiro atoms. The Morgan fingerprint density at radius 1 is 0.868 bits per heavy atom. The van der Waals surface area contributed by atoms with Gasteiger partial charge in [-0.1, -0.05) is 60.2 Å². The fraction of sp³-hybridized carbons (Fsp3) is 0.167. The van der Waals surface area contributed by atoms with Gasteiger partial charge in [-0.25, -0.2) is 4.98 Å². The van der Waals surface area contributed by atoms with Gasteiger partial charge in [0.2, 0.25) is 0 Å². The predicted octanol–water partition coefficient (Wildman–Crippen LogP) is 5.56. The lowest BCUT2D eigenvalue weighted by Gasteiger charge is -2.15. The summed E-state index contributed by atoms with van der Waals surface area (Å²) in [6, 6.07) is 23.1. The van der Waals surface area contributed by atoms with Crippen molar-refractivity contribution >= 4 is 16.9 Å². The molecule has 2 heterocycles. The largest absolute Gasteiger partial charge is 0.496 e. The summed E-state index contributed by atoms with van der Waals surface area (Å²) < 4.78 is 16.6. The second kappa shape index (κ2) is 10.6. The zero-order chi connectivity index (χ0) is 26.6. The van der Waals surface area contributed by atoms with E-state index in [0.717, 1.165) is 22.4 Å². The highest BCUT2D eigenvalue weighted by Crippen LogP contribution is 2.41. The molecular weight excluding hydrogens is 480 g/mol. The van der Waals surface area contributed by atoms with Crippen LogP contribution in [0.5, 0.6) is 17.2 Å². The molecule has 0 atom stereocenters. The van der Waals surface area contributed by atoms with E-state index in [-0.39, 0.29) is 5.91 Å². The number of methoxy groups -OCH3 is 3. The number of benzene rings is 3. The van der Waals surface area contributed by atoms with Gasteiger partial charge in [0.25, 0.3) is 5.91 Å². The Labute approximate surface area is 220 Å². The first-order valence-corrected chi connectivity index (χ1v) is 12.1. The van der Waals surface area contributed by atoms with Crippen LogP contribution in [-0.2, 0) is 6.54 Å². The highest BCUT2D eigenvalue weighted by molar-refractivity contribution is 6.11. The van der Waals surface area contributed by atoms with Gasteiger partial charge in [0, 0.05) is 23.7 Å². The minimum Gasteiger partial charge on any atom is -0.496 e. The minimum absolute atomic E-state index is 0.239. The van der Waals surface area contributed by atoms with E-state index in [2.05, 4.69) is 15.5 Å². The number of ether oxygens (including phenoxy) is 3. The highest BCUT2D eigenvalue weighted by atomic mass is 16.5. The van der Waals surface area contributed by atoms with Crippen LogP contribution < -0.4 is 19.5 Å². The molecule has 0 fully saturated rings. The number of amides is 1. The topological polar surface area (TPSA) is 98.4 Å². The van der Waals surface area contributed by atoms with E-state index in [4.69, 9.17) is 19.2 Å². The van der Waals surface area contributed by atoms with Crippen molar-refractivity contribution in [2.24, 2.45) is 0 Å². The molecule has 0 saturated carbocycles. The van der Waals surface area contributed by atoms with Crippen LogP contribution in [0.2, 0.25) is 0 Å². The molecule has 2 aromatic heterocycles. The van der Waals surface area contributed by atoms with E-state index >= 15 is 0 Å². The van der Waals surface area contributed by atoms with Gasteiger partial charge in [-0.15, -0.1) is 0 Å². The molecule has 3 aromatic carbocycles. The molecule has 0 unspecified atom stereocenters. The van der Waals surface area contributed by atoms with Crippen LogP contribution in [0.1, 0.15) is 21.5 Å². The van der Waals surface area contributed by atoms with Crippen molar-refractivity contribution < 1.29 is 19.0 Å². The SMILES string of the molecule is COc1cc(OC)c(-c2cc(C(=O)NCc3ccccc3)c3c(-c4ccc(C)cc4)[nH]nc3n2)cc1OC. The maximum Gasteiger partial charge on any atom is 0.252 e. The summed E-state index contributed by atoms with van der Waals surface area (Å²) in [5, 5.41) is 11.3. The molecule has 0 aliphatic heterocycles. The third-order valence-electron chi connectivity index (χ3n) is 6.39. The van der Waals surface area contributed by atoms with Crippen molar-refractivity contribution in [3.05, 3.63) is 89.5 Å². The van der Waals surface area contributed by atoms with Gasteiger partial charge < -0.3 is 19.5 Å². The van der Waals surface area contributed by atoms with Crippen molar-refractivity contribution in [3.63, 3.8) is 0 Å². The Kier molecular flexibility index (Phi) is 6.95. The number of rotatable bonds is 8. The highest BCUT2D eigenvalue weighted by Gasteiger charge is 2.22. The maximum atomic E-state index is 13.7. The van der Waals surface area contributed by atoms with Crippen LogP contribution in [0.25, 0.3) is 33.5 Å². The monoisotopic (exact) mass is 508 g/mol. The summed E-state index contributed by atoms with van der Waals surface area (Å²) in [6.07, 6.45) is 0. The first-order chi connectivity index (χ1) is 18.5. The van der Waals surface area contributed by atoms with Crippen LogP contribution in [-0.4, -0.2) is 42.4 Å².